The highest BCUT2D eigenvalue weighted by molar-refractivity contribution is 7.89. The van der Waals surface area contributed by atoms with E-state index in [9.17, 15) is 17.6 Å². The molecular weight excluding hydrogens is 331 g/mol. The first kappa shape index (κ1) is 16.6. The minimum absolute atomic E-state index is 0.135. The van der Waals surface area contributed by atoms with E-state index in [-0.39, 0.29) is 16.6 Å². The average Bonchev–Trinajstić information content (AvgIpc) is 2.89. The summed E-state index contributed by atoms with van der Waals surface area (Å²) >= 11 is 0. The summed E-state index contributed by atoms with van der Waals surface area (Å²) in [7, 11) is -3.77. The second kappa shape index (κ2) is 6.33. The molecule has 2 aromatic carbocycles. The highest BCUT2D eigenvalue weighted by atomic mass is 32.2. The molecule has 1 amide bonds. The predicted octanol–water partition coefficient (Wildman–Crippen LogP) is 2.22. The fraction of sp³-hybridized carbons (Fsp3) is 0.235. The minimum atomic E-state index is -3.77. The van der Waals surface area contributed by atoms with Crippen molar-refractivity contribution in [2.75, 3.05) is 11.4 Å². The fourth-order valence-electron chi connectivity index (χ4n) is 2.70. The lowest BCUT2D eigenvalue weighted by Crippen LogP contribution is -2.41. The molecule has 7 heteroatoms. The Balaban J connectivity index is 1.77. The molecule has 0 saturated carbocycles. The van der Waals surface area contributed by atoms with Gasteiger partial charge < -0.3 is 4.90 Å². The zero-order chi connectivity index (χ0) is 17.3. The molecule has 1 N–H and O–H groups in total. The Morgan fingerprint density at radius 1 is 1.17 bits per heavy atom. The molecule has 2 aromatic rings. The number of halogens is 1. The zero-order valence-corrected chi connectivity index (χ0v) is 13.9. The minimum Gasteiger partial charge on any atom is -0.311 e. The van der Waals surface area contributed by atoms with E-state index < -0.39 is 16.1 Å². The van der Waals surface area contributed by atoms with Crippen molar-refractivity contribution >= 4 is 21.6 Å². The normalized spacial score (nSPS) is 18.2. The Kier molecular flexibility index (Phi) is 4.38. The van der Waals surface area contributed by atoms with Crippen molar-refractivity contribution in [2.45, 2.75) is 24.3 Å². The number of aryl methyl sites for hydroxylation is 1. The third-order valence-corrected chi connectivity index (χ3v) is 5.41. The average molecular weight is 348 g/mol. The monoisotopic (exact) mass is 348 g/mol. The summed E-state index contributed by atoms with van der Waals surface area (Å²) in [5, 5.41) is 0. The summed E-state index contributed by atoms with van der Waals surface area (Å²) in [5.74, 6) is -0.722. The van der Waals surface area contributed by atoms with Gasteiger partial charge in [0, 0.05) is 12.2 Å². The molecule has 1 saturated heterocycles. The number of benzene rings is 2. The molecule has 0 aromatic heterocycles. The quantitative estimate of drug-likeness (QED) is 0.921. The molecule has 0 bridgehead atoms. The maximum absolute atomic E-state index is 13.0. The molecule has 0 spiro atoms. The molecular formula is C17H17FN2O3S. The van der Waals surface area contributed by atoms with Crippen LogP contribution >= 0.6 is 0 Å². The van der Waals surface area contributed by atoms with Crippen LogP contribution in [0.1, 0.15) is 12.0 Å². The molecule has 1 fully saturated rings. The molecule has 3 rings (SSSR count). The smallest absolute Gasteiger partial charge is 0.245 e. The Bertz CT molecular complexity index is 866. The number of anilines is 1. The van der Waals surface area contributed by atoms with Gasteiger partial charge >= 0.3 is 0 Å². The molecule has 0 radical (unpaired) electrons. The molecule has 24 heavy (non-hydrogen) atoms. The van der Waals surface area contributed by atoms with Crippen LogP contribution in [0.4, 0.5) is 10.1 Å². The summed E-state index contributed by atoms with van der Waals surface area (Å²) in [6.07, 6.45) is 0.362. The van der Waals surface area contributed by atoms with Gasteiger partial charge in [-0.1, -0.05) is 12.1 Å². The van der Waals surface area contributed by atoms with Gasteiger partial charge in [0.15, 0.2) is 0 Å². The van der Waals surface area contributed by atoms with Gasteiger partial charge in [-0.3, -0.25) is 4.79 Å². The molecule has 1 aliphatic heterocycles. The first-order valence-electron chi connectivity index (χ1n) is 7.53. The van der Waals surface area contributed by atoms with Crippen LogP contribution in [0.15, 0.2) is 53.4 Å². The van der Waals surface area contributed by atoms with Gasteiger partial charge in [0.25, 0.3) is 0 Å². The molecule has 0 unspecified atom stereocenters. The summed E-state index contributed by atoms with van der Waals surface area (Å²) < 4.78 is 40.3. The number of hydrogen-bond donors (Lipinski definition) is 1. The van der Waals surface area contributed by atoms with Gasteiger partial charge in [0.1, 0.15) is 11.9 Å². The van der Waals surface area contributed by atoms with Crippen LogP contribution in [0, 0.1) is 12.7 Å². The van der Waals surface area contributed by atoms with Crippen molar-refractivity contribution in [3.05, 3.63) is 59.9 Å². The van der Waals surface area contributed by atoms with Crippen molar-refractivity contribution < 1.29 is 17.6 Å². The first-order chi connectivity index (χ1) is 11.4. The number of carbonyl (C=O) groups is 1. The van der Waals surface area contributed by atoms with E-state index in [1.54, 1.807) is 25.1 Å². The summed E-state index contributed by atoms with van der Waals surface area (Å²) in [4.78, 5) is 14.1. The van der Waals surface area contributed by atoms with Crippen molar-refractivity contribution in [1.82, 2.24) is 4.72 Å². The molecule has 1 heterocycles. The highest BCUT2D eigenvalue weighted by Gasteiger charge is 2.35. The number of nitrogens with zero attached hydrogens (tertiary/aromatic N) is 1. The van der Waals surface area contributed by atoms with Gasteiger partial charge in [-0.05, 0) is 55.3 Å². The second-order valence-corrected chi connectivity index (χ2v) is 7.46. The molecule has 1 atom stereocenters. The number of nitrogens with one attached hydrogen (secondary N) is 1. The number of hydrogen-bond acceptors (Lipinski definition) is 3. The Morgan fingerprint density at radius 3 is 2.54 bits per heavy atom. The van der Waals surface area contributed by atoms with E-state index in [2.05, 4.69) is 4.72 Å². The van der Waals surface area contributed by atoms with Crippen LogP contribution in [0.25, 0.3) is 0 Å². The molecule has 126 valence electrons. The van der Waals surface area contributed by atoms with Crippen LogP contribution in [0.5, 0.6) is 0 Å². The van der Waals surface area contributed by atoms with E-state index >= 15 is 0 Å². The third-order valence-electron chi connectivity index (χ3n) is 3.94. The van der Waals surface area contributed by atoms with Gasteiger partial charge in [-0.2, -0.15) is 4.72 Å². The van der Waals surface area contributed by atoms with E-state index in [4.69, 9.17) is 0 Å². The van der Waals surface area contributed by atoms with Crippen LogP contribution in [-0.2, 0) is 14.8 Å². The Labute approximate surface area is 140 Å². The maximum atomic E-state index is 13.0. The summed E-state index contributed by atoms with van der Waals surface area (Å²) in [5.41, 5.74) is 1.38. The lowest BCUT2D eigenvalue weighted by molar-refractivity contribution is -0.118. The number of rotatable bonds is 4. The van der Waals surface area contributed by atoms with Crippen molar-refractivity contribution in [3.8, 4) is 0 Å². The third kappa shape index (κ3) is 3.32. The Morgan fingerprint density at radius 2 is 1.88 bits per heavy atom. The largest absolute Gasteiger partial charge is 0.311 e. The van der Waals surface area contributed by atoms with E-state index in [1.165, 1.54) is 35.2 Å². The van der Waals surface area contributed by atoms with Gasteiger partial charge in [0.05, 0.1) is 4.90 Å². The summed E-state index contributed by atoms with van der Waals surface area (Å²) in [6, 6.07) is 11.2. The number of sulfonamides is 1. The van der Waals surface area contributed by atoms with Crippen LogP contribution in [0.2, 0.25) is 0 Å². The second-order valence-electron chi connectivity index (χ2n) is 5.75. The Hall–Kier alpha value is -2.25. The van der Waals surface area contributed by atoms with Crippen LogP contribution < -0.4 is 9.62 Å². The summed E-state index contributed by atoms with van der Waals surface area (Å²) in [6.45, 7) is 2.18. The molecule has 5 nitrogen and oxygen atoms in total. The van der Waals surface area contributed by atoms with E-state index in [0.717, 1.165) is 5.56 Å². The van der Waals surface area contributed by atoms with Gasteiger partial charge in [-0.25, -0.2) is 12.8 Å². The zero-order valence-electron chi connectivity index (χ0n) is 13.1. The predicted molar refractivity (Wildman–Crippen MR) is 88.7 cm³/mol. The van der Waals surface area contributed by atoms with Gasteiger partial charge in [-0.15, -0.1) is 0 Å². The first-order valence-corrected chi connectivity index (χ1v) is 9.01. The topological polar surface area (TPSA) is 66.5 Å². The van der Waals surface area contributed by atoms with E-state index in [1.807, 2.05) is 0 Å². The van der Waals surface area contributed by atoms with Crippen molar-refractivity contribution in [1.29, 1.82) is 0 Å². The van der Waals surface area contributed by atoms with Crippen LogP contribution in [-0.4, -0.2) is 26.9 Å². The van der Waals surface area contributed by atoms with Crippen molar-refractivity contribution in [2.24, 2.45) is 0 Å². The SMILES string of the molecule is Cc1cccc(S(=O)(=O)N[C@H]2CCN(c3ccc(F)cc3)C2=O)c1. The maximum Gasteiger partial charge on any atom is 0.245 e. The standard InChI is InChI=1S/C17H17FN2O3S/c1-12-3-2-4-15(11-12)24(22,23)19-16-9-10-20(17(16)21)14-7-5-13(18)6-8-14/h2-8,11,16,19H,9-10H2,1H3/t16-/m0/s1. The number of amides is 1. The fourth-order valence-corrected chi connectivity index (χ4v) is 4.03. The lowest BCUT2D eigenvalue weighted by atomic mass is 10.2. The van der Waals surface area contributed by atoms with Gasteiger partial charge in [0.2, 0.25) is 15.9 Å². The van der Waals surface area contributed by atoms with Crippen LogP contribution in [0.3, 0.4) is 0 Å². The van der Waals surface area contributed by atoms with Crippen molar-refractivity contribution in [3.63, 3.8) is 0 Å². The van der Waals surface area contributed by atoms with E-state index in [0.29, 0.717) is 18.7 Å². The number of carbonyl (C=O) groups excluding carboxylic acids is 1. The molecule has 0 aliphatic carbocycles. The lowest BCUT2D eigenvalue weighted by Gasteiger charge is -2.17. The highest BCUT2D eigenvalue weighted by Crippen LogP contribution is 2.23. The molecule has 1 aliphatic rings.